The molecule has 7 heteroatoms. The Morgan fingerprint density at radius 2 is 1.90 bits per heavy atom. The van der Waals surface area contributed by atoms with Gasteiger partial charge in [0.15, 0.2) is 0 Å². The highest BCUT2D eigenvalue weighted by Crippen LogP contribution is 2.36. The molecule has 0 amide bonds. The van der Waals surface area contributed by atoms with Crippen LogP contribution in [0.4, 0.5) is 4.39 Å². The molecule has 1 aliphatic rings. The maximum atomic E-state index is 13.8. The number of nitrogens with zero attached hydrogens (tertiary/aromatic N) is 1. The van der Waals surface area contributed by atoms with E-state index in [1.165, 1.54) is 6.07 Å². The Kier molecular flexibility index (Phi) is 6.09. The number of phenolic OH excluding ortho intramolecular Hbond substituents is 1. The lowest BCUT2D eigenvalue weighted by atomic mass is 9.93. The van der Waals surface area contributed by atoms with Crippen molar-refractivity contribution >= 4 is 33.2 Å². The third kappa shape index (κ3) is 4.36. The molecule has 4 nitrogen and oxygen atoms in total. The predicted octanol–water partition coefficient (Wildman–Crippen LogP) is 6.18. The Balaban J connectivity index is 1.77. The van der Waals surface area contributed by atoms with E-state index >= 15 is 0 Å². The average Bonchev–Trinajstić information content (AvgIpc) is 2.77. The molecule has 2 atom stereocenters. The number of nitrogens with one attached hydrogen (secondary N) is 1. The molecule has 2 N–H and O–H groups in total. The van der Waals surface area contributed by atoms with Crippen LogP contribution in [0.3, 0.4) is 0 Å². The first kappa shape index (κ1) is 20.8. The van der Waals surface area contributed by atoms with Gasteiger partial charge in [-0.25, -0.2) is 4.39 Å². The van der Waals surface area contributed by atoms with Crippen molar-refractivity contribution in [2.75, 3.05) is 7.11 Å². The van der Waals surface area contributed by atoms with Gasteiger partial charge in [0.25, 0.3) is 0 Å². The maximum absolute atomic E-state index is 13.8. The molecule has 154 valence electrons. The van der Waals surface area contributed by atoms with E-state index in [0.29, 0.717) is 21.5 Å². The third-order valence-corrected chi connectivity index (χ3v) is 5.93. The lowest BCUT2D eigenvalue weighted by Gasteiger charge is -2.31. The SMILES string of the molecule is COc1ccc(C2=N[C@H](c3ccc(F)c(Br)c3)N[C@@H](c3cc(Cl)ccc3O)C2)cc1. The van der Waals surface area contributed by atoms with Gasteiger partial charge in [-0.15, -0.1) is 0 Å². The Labute approximate surface area is 187 Å². The van der Waals surface area contributed by atoms with Crippen LogP contribution in [0.5, 0.6) is 11.5 Å². The molecule has 0 saturated heterocycles. The Hall–Kier alpha value is -2.41. The molecule has 0 saturated carbocycles. The number of aliphatic imine (C=N–C) groups is 1. The van der Waals surface area contributed by atoms with Crippen molar-refractivity contribution in [1.29, 1.82) is 0 Å². The Morgan fingerprint density at radius 1 is 1.13 bits per heavy atom. The van der Waals surface area contributed by atoms with Gasteiger partial charge in [-0.3, -0.25) is 10.3 Å². The van der Waals surface area contributed by atoms with Crippen LogP contribution in [0.2, 0.25) is 5.02 Å². The molecule has 0 aromatic heterocycles. The van der Waals surface area contributed by atoms with Gasteiger partial charge < -0.3 is 9.84 Å². The first-order valence-corrected chi connectivity index (χ1v) is 10.5. The molecule has 1 aliphatic heterocycles. The second-order valence-corrected chi connectivity index (χ2v) is 8.30. The van der Waals surface area contributed by atoms with Crippen LogP contribution in [0, 0.1) is 5.82 Å². The van der Waals surface area contributed by atoms with Crippen LogP contribution in [-0.4, -0.2) is 17.9 Å². The molecule has 0 bridgehead atoms. The lowest BCUT2D eigenvalue weighted by Crippen LogP contribution is -2.33. The van der Waals surface area contributed by atoms with Crippen molar-refractivity contribution in [2.45, 2.75) is 18.6 Å². The fourth-order valence-electron chi connectivity index (χ4n) is 3.52. The number of halogens is 3. The second-order valence-electron chi connectivity index (χ2n) is 7.01. The molecule has 3 aromatic rings. The van der Waals surface area contributed by atoms with Crippen LogP contribution >= 0.6 is 27.5 Å². The Morgan fingerprint density at radius 3 is 2.60 bits per heavy atom. The maximum Gasteiger partial charge on any atom is 0.137 e. The van der Waals surface area contributed by atoms with Crippen LogP contribution in [0.1, 0.15) is 35.3 Å². The normalized spacial score (nSPS) is 18.7. The number of aromatic hydroxyl groups is 1. The van der Waals surface area contributed by atoms with Crippen LogP contribution in [0.25, 0.3) is 0 Å². The molecular formula is C23H19BrClFN2O2. The summed E-state index contributed by atoms with van der Waals surface area (Å²) in [5, 5.41) is 14.4. The van der Waals surface area contributed by atoms with Gasteiger partial charge in [-0.05, 0) is 81.7 Å². The summed E-state index contributed by atoms with van der Waals surface area (Å²) in [6.07, 6.45) is 0.134. The second kappa shape index (κ2) is 8.76. The third-order valence-electron chi connectivity index (χ3n) is 5.09. The van der Waals surface area contributed by atoms with E-state index in [4.69, 9.17) is 21.3 Å². The fourth-order valence-corrected chi connectivity index (χ4v) is 4.10. The van der Waals surface area contributed by atoms with Crippen molar-refractivity contribution in [3.05, 3.63) is 92.7 Å². The zero-order valence-corrected chi connectivity index (χ0v) is 18.4. The molecule has 0 fully saturated rings. The number of phenols is 1. The number of methoxy groups -OCH3 is 1. The number of benzene rings is 3. The highest BCUT2D eigenvalue weighted by molar-refractivity contribution is 9.10. The smallest absolute Gasteiger partial charge is 0.137 e. The average molecular weight is 490 g/mol. The standard InChI is InChI=1S/C23H19BrClFN2O2/c1-30-16-6-2-13(3-7-16)20-12-21(17-11-15(25)5-9-22(17)29)28-23(27-20)14-4-8-19(26)18(24)10-14/h2-11,21,23,28-29H,12H2,1H3/t21-,23+/m1/s1. The quantitative estimate of drug-likeness (QED) is 0.460. The van der Waals surface area contributed by atoms with Gasteiger partial charge in [0.05, 0.1) is 11.6 Å². The van der Waals surface area contributed by atoms with E-state index in [0.717, 1.165) is 22.6 Å². The van der Waals surface area contributed by atoms with E-state index in [9.17, 15) is 9.50 Å². The summed E-state index contributed by atoms with van der Waals surface area (Å²) in [4.78, 5) is 4.88. The van der Waals surface area contributed by atoms with Crippen molar-refractivity contribution in [2.24, 2.45) is 4.99 Å². The molecule has 4 rings (SSSR count). The Bertz CT molecular complexity index is 1100. The lowest BCUT2D eigenvalue weighted by molar-refractivity contribution is 0.412. The first-order valence-electron chi connectivity index (χ1n) is 9.35. The number of hydrogen-bond acceptors (Lipinski definition) is 4. The van der Waals surface area contributed by atoms with Crippen molar-refractivity contribution in [3.63, 3.8) is 0 Å². The zero-order valence-electron chi connectivity index (χ0n) is 16.1. The van der Waals surface area contributed by atoms with Gasteiger partial charge in [-0.2, -0.15) is 0 Å². The van der Waals surface area contributed by atoms with Crippen molar-refractivity contribution in [3.8, 4) is 11.5 Å². The van der Waals surface area contributed by atoms with Gasteiger partial charge >= 0.3 is 0 Å². The molecule has 30 heavy (non-hydrogen) atoms. The van der Waals surface area contributed by atoms with E-state index < -0.39 is 6.17 Å². The van der Waals surface area contributed by atoms with E-state index in [1.807, 2.05) is 24.3 Å². The molecule has 0 aliphatic carbocycles. The highest BCUT2D eigenvalue weighted by Gasteiger charge is 2.28. The monoisotopic (exact) mass is 488 g/mol. The zero-order chi connectivity index (χ0) is 21.3. The van der Waals surface area contributed by atoms with E-state index in [-0.39, 0.29) is 17.6 Å². The molecule has 0 unspecified atom stereocenters. The number of rotatable bonds is 4. The predicted molar refractivity (Wildman–Crippen MR) is 120 cm³/mol. The highest BCUT2D eigenvalue weighted by atomic mass is 79.9. The molecule has 0 radical (unpaired) electrons. The number of ether oxygens (including phenoxy) is 1. The van der Waals surface area contributed by atoms with Crippen LogP contribution in [-0.2, 0) is 0 Å². The summed E-state index contributed by atoms with van der Waals surface area (Å²) >= 11 is 9.43. The van der Waals surface area contributed by atoms with Crippen molar-refractivity contribution in [1.82, 2.24) is 5.32 Å². The van der Waals surface area contributed by atoms with E-state index in [2.05, 4.69) is 21.2 Å². The molecule has 0 spiro atoms. The summed E-state index contributed by atoms with van der Waals surface area (Å²) < 4.78 is 19.4. The van der Waals surface area contributed by atoms with Gasteiger partial charge in [0.2, 0.25) is 0 Å². The van der Waals surface area contributed by atoms with Crippen LogP contribution < -0.4 is 10.1 Å². The molecule has 1 heterocycles. The fraction of sp³-hybridized carbons (Fsp3) is 0.174. The summed E-state index contributed by atoms with van der Waals surface area (Å²) in [7, 11) is 1.62. The molecular weight excluding hydrogens is 471 g/mol. The minimum Gasteiger partial charge on any atom is -0.508 e. The summed E-state index contributed by atoms with van der Waals surface area (Å²) in [5.74, 6) is 0.584. The molecule has 3 aromatic carbocycles. The minimum absolute atomic E-state index is 0.159. The topological polar surface area (TPSA) is 53.8 Å². The first-order chi connectivity index (χ1) is 14.4. The summed E-state index contributed by atoms with van der Waals surface area (Å²) in [5.41, 5.74) is 3.32. The van der Waals surface area contributed by atoms with Gasteiger partial charge in [-0.1, -0.05) is 17.7 Å². The van der Waals surface area contributed by atoms with Gasteiger partial charge in [0.1, 0.15) is 23.5 Å². The van der Waals surface area contributed by atoms with Crippen LogP contribution in [0.15, 0.2) is 70.1 Å². The largest absolute Gasteiger partial charge is 0.508 e. The summed E-state index contributed by atoms with van der Waals surface area (Å²) in [6, 6.07) is 17.3. The van der Waals surface area contributed by atoms with Gasteiger partial charge in [0, 0.05) is 28.8 Å². The van der Waals surface area contributed by atoms with Crippen molar-refractivity contribution < 1.29 is 14.2 Å². The van der Waals surface area contributed by atoms with E-state index in [1.54, 1.807) is 37.4 Å². The minimum atomic E-state index is -0.420. The number of hydrogen-bond donors (Lipinski definition) is 2. The summed E-state index contributed by atoms with van der Waals surface area (Å²) in [6.45, 7) is 0.